The van der Waals surface area contributed by atoms with Crippen molar-refractivity contribution in [1.82, 2.24) is 4.90 Å². The number of halogens is 1. The fourth-order valence-corrected chi connectivity index (χ4v) is 2.82. The summed E-state index contributed by atoms with van der Waals surface area (Å²) in [6.07, 6.45) is 0. The molecule has 1 saturated heterocycles. The minimum Gasteiger partial charge on any atom is -0.353 e. The maximum absolute atomic E-state index is 6.12. The van der Waals surface area contributed by atoms with Gasteiger partial charge < -0.3 is 4.90 Å². The van der Waals surface area contributed by atoms with Crippen LogP contribution in [-0.2, 0) is 0 Å². The third-order valence-corrected chi connectivity index (χ3v) is 4.13. The molecular formula is C12H15ClN2S. The molecule has 0 radical (unpaired) electrons. The average Bonchev–Trinajstić information content (AvgIpc) is 2.61. The van der Waals surface area contributed by atoms with Gasteiger partial charge in [0.15, 0.2) is 5.17 Å². The Kier molecular flexibility index (Phi) is 3.45. The molecule has 0 atom stereocenters. The second-order valence-electron chi connectivity index (χ2n) is 4.05. The molecule has 0 N–H and O–H groups in total. The van der Waals surface area contributed by atoms with Gasteiger partial charge in [0.2, 0.25) is 0 Å². The summed E-state index contributed by atoms with van der Waals surface area (Å²) in [4.78, 5) is 6.84. The van der Waals surface area contributed by atoms with Crippen LogP contribution in [-0.4, -0.2) is 29.4 Å². The zero-order chi connectivity index (χ0) is 11.7. The largest absolute Gasteiger partial charge is 0.353 e. The van der Waals surface area contributed by atoms with Crippen molar-refractivity contribution in [2.45, 2.75) is 13.8 Å². The third-order valence-electron chi connectivity index (χ3n) is 2.68. The Labute approximate surface area is 106 Å². The van der Waals surface area contributed by atoms with Gasteiger partial charge in [0, 0.05) is 24.4 Å². The maximum atomic E-state index is 6.12. The summed E-state index contributed by atoms with van der Waals surface area (Å²) < 4.78 is 0. The number of hydrogen-bond acceptors (Lipinski definition) is 2. The van der Waals surface area contributed by atoms with Gasteiger partial charge in [0.25, 0.3) is 0 Å². The van der Waals surface area contributed by atoms with Crippen LogP contribution in [0.15, 0.2) is 17.1 Å². The summed E-state index contributed by atoms with van der Waals surface area (Å²) >= 11 is 7.91. The number of nitrogens with zero attached hydrogens (tertiary/aromatic N) is 2. The minimum atomic E-state index is 0.788. The molecule has 0 unspecified atom stereocenters. The van der Waals surface area contributed by atoms with Gasteiger partial charge >= 0.3 is 0 Å². The van der Waals surface area contributed by atoms with Gasteiger partial charge in [0.1, 0.15) is 0 Å². The fraction of sp³-hybridized carbons (Fsp3) is 0.417. The Morgan fingerprint density at radius 1 is 1.31 bits per heavy atom. The molecule has 0 spiro atoms. The van der Waals surface area contributed by atoms with E-state index < -0.39 is 0 Å². The molecule has 0 aliphatic carbocycles. The smallest absolute Gasteiger partial charge is 0.164 e. The Hall–Kier alpha value is -0.670. The van der Waals surface area contributed by atoms with Crippen molar-refractivity contribution in [1.29, 1.82) is 0 Å². The standard InChI is InChI=1S/C12H15ClN2S/c1-8-6-9(2)11(7-10(8)13)14-12-15(3)4-5-16-12/h6-7H,4-5H2,1-3H3. The zero-order valence-corrected chi connectivity index (χ0v) is 11.3. The second kappa shape index (κ2) is 4.68. The monoisotopic (exact) mass is 254 g/mol. The fourth-order valence-electron chi connectivity index (χ4n) is 1.64. The predicted molar refractivity (Wildman–Crippen MR) is 73.1 cm³/mol. The quantitative estimate of drug-likeness (QED) is 0.761. The van der Waals surface area contributed by atoms with Crippen LogP contribution in [0.1, 0.15) is 11.1 Å². The topological polar surface area (TPSA) is 15.6 Å². The van der Waals surface area contributed by atoms with Gasteiger partial charge in [-0.25, -0.2) is 4.99 Å². The summed E-state index contributed by atoms with van der Waals surface area (Å²) in [7, 11) is 2.07. The van der Waals surface area contributed by atoms with Crippen LogP contribution in [0.3, 0.4) is 0 Å². The molecule has 86 valence electrons. The van der Waals surface area contributed by atoms with Crippen molar-refractivity contribution < 1.29 is 0 Å². The van der Waals surface area contributed by atoms with Crippen molar-refractivity contribution in [2.24, 2.45) is 4.99 Å². The van der Waals surface area contributed by atoms with Crippen LogP contribution < -0.4 is 0 Å². The van der Waals surface area contributed by atoms with Crippen LogP contribution in [0.4, 0.5) is 5.69 Å². The van der Waals surface area contributed by atoms with E-state index in [2.05, 4.69) is 29.9 Å². The van der Waals surface area contributed by atoms with E-state index in [9.17, 15) is 0 Å². The van der Waals surface area contributed by atoms with Crippen LogP contribution >= 0.6 is 23.4 Å². The van der Waals surface area contributed by atoms with Gasteiger partial charge in [-0.05, 0) is 31.0 Å². The van der Waals surface area contributed by atoms with Crippen molar-refractivity contribution in [2.75, 3.05) is 19.3 Å². The van der Waals surface area contributed by atoms with E-state index in [1.165, 1.54) is 5.56 Å². The predicted octanol–water partition coefficient (Wildman–Crippen LogP) is 3.62. The molecule has 0 aromatic heterocycles. The Morgan fingerprint density at radius 3 is 2.69 bits per heavy atom. The molecule has 16 heavy (non-hydrogen) atoms. The molecule has 0 saturated carbocycles. The van der Waals surface area contributed by atoms with Crippen molar-refractivity contribution >= 4 is 34.2 Å². The van der Waals surface area contributed by atoms with Crippen LogP contribution in [0.25, 0.3) is 0 Å². The van der Waals surface area contributed by atoms with Gasteiger partial charge in [-0.15, -0.1) is 0 Å². The lowest BCUT2D eigenvalue weighted by atomic mass is 10.1. The lowest BCUT2D eigenvalue weighted by molar-refractivity contribution is 0.563. The Bertz CT molecular complexity index is 443. The van der Waals surface area contributed by atoms with E-state index in [0.29, 0.717) is 0 Å². The lowest BCUT2D eigenvalue weighted by Crippen LogP contribution is -2.17. The second-order valence-corrected chi connectivity index (χ2v) is 5.52. The van der Waals surface area contributed by atoms with Crippen LogP contribution in [0.5, 0.6) is 0 Å². The number of rotatable bonds is 1. The number of aliphatic imine (C=N–C) groups is 1. The minimum absolute atomic E-state index is 0.788. The average molecular weight is 255 g/mol. The molecule has 1 aromatic rings. The number of thioether (sulfide) groups is 1. The molecule has 0 bridgehead atoms. The zero-order valence-electron chi connectivity index (χ0n) is 9.75. The molecule has 1 aromatic carbocycles. The summed E-state index contributed by atoms with van der Waals surface area (Å²) in [5.41, 5.74) is 3.26. The first-order valence-electron chi connectivity index (χ1n) is 5.27. The molecule has 4 heteroatoms. The molecule has 0 amide bonds. The highest BCUT2D eigenvalue weighted by Gasteiger charge is 2.15. The van der Waals surface area contributed by atoms with E-state index in [4.69, 9.17) is 11.6 Å². The molecule has 1 fully saturated rings. The number of aryl methyl sites for hydroxylation is 2. The lowest BCUT2D eigenvalue weighted by Gasteiger charge is -2.11. The molecule has 1 heterocycles. The Balaban J connectivity index is 2.37. The highest BCUT2D eigenvalue weighted by atomic mass is 35.5. The number of hydrogen-bond donors (Lipinski definition) is 0. The summed E-state index contributed by atoms with van der Waals surface area (Å²) in [6.45, 7) is 5.16. The van der Waals surface area contributed by atoms with Crippen LogP contribution in [0.2, 0.25) is 5.02 Å². The van der Waals surface area contributed by atoms with Gasteiger partial charge in [0.05, 0.1) is 5.69 Å². The van der Waals surface area contributed by atoms with E-state index in [1.54, 1.807) is 11.8 Å². The SMILES string of the molecule is Cc1cc(C)c(N=C2SCCN2C)cc1Cl. The van der Waals surface area contributed by atoms with E-state index in [0.717, 1.165) is 33.7 Å². The van der Waals surface area contributed by atoms with Gasteiger partial charge in [-0.1, -0.05) is 29.4 Å². The van der Waals surface area contributed by atoms with Gasteiger partial charge in [-0.3, -0.25) is 0 Å². The van der Waals surface area contributed by atoms with Crippen molar-refractivity contribution in [3.63, 3.8) is 0 Å². The summed E-state index contributed by atoms with van der Waals surface area (Å²) in [6, 6.07) is 4.04. The first kappa shape index (κ1) is 11.8. The first-order valence-corrected chi connectivity index (χ1v) is 6.63. The maximum Gasteiger partial charge on any atom is 0.164 e. The Morgan fingerprint density at radius 2 is 2.06 bits per heavy atom. The first-order chi connectivity index (χ1) is 7.58. The molecule has 1 aliphatic heterocycles. The normalized spacial score (nSPS) is 18.5. The number of amidine groups is 1. The van der Waals surface area contributed by atoms with Crippen molar-refractivity contribution in [3.05, 3.63) is 28.3 Å². The van der Waals surface area contributed by atoms with E-state index in [-0.39, 0.29) is 0 Å². The van der Waals surface area contributed by atoms with Crippen molar-refractivity contribution in [3.8, 4) is 0 Å². The highest BCUT2D eigenvalue weighted by Crippen LogP contribution is 2.29. The van der Waals surface area contributed by atoms with Crippen LogP contribution in [0, 0.1) is 13.8 Å². The molecule has 2 nitrogen and oxygen atoms in total. The summed E-state index contributed by atoms with van der Waals surface area (Å²) in [5.74, 6) is 1.12. The molecular weight excluding hydrogens is 240 g/mol. The van der Waals surface area contributed by atoms with E-state index in [1.807, 2.05) is 13.0 Å². The number of benzene rings is 1. The van der Waals surface area contributed by atoms with E-state index >= 15 is 0 Å². The van der Waals surface area contributed by atoms with Gasteiger partial charge in [-0.2, -0.15) is 0 Å². The summed E-state index contributed by atoms with van der Waals surface area (Å²) in [5, 5.41) is 1.87. The molecule has 2 rings (SSSR count). The highest BCUT2D eigenvalue weighted by molar-refractivity contribution is 8.14. The third kappa shape index (κ3) is 2.36. The molecule has 1 aliphatic rings.